The molecule has 2 N–H and O–H groups in total. The van der Waals surface area contributed by atoms with Crippen molar-refractivity contribution in [2.24, 2.45) is 5.92 Å². The lowest BCUT2D eigenvalue weighted by Gasteiger charge is -2.30. The first-order valence-corrected chi connectivity index (χ1v) is 9.81. The standard InChI is InChI=1S/C16H23BrClNO2.C2H2O4/c1-13-3-2-6-19(12-13)7-8-20-9-10-21-16-5-4-14(17)11-15(16)18;3-1(4)2(5)6/h4-5,11,13H,2-3,6-10,12H2,1H3;(H,3,4)(H,5,6). The number of carboxylic acid groups (broad SMARTS) is 2. The minimum absolute atomic E-state index is 0.526. The van der Waals surface area contributed by atoms with Crippen LogP contribution < -0.4 is 4.74 Å². The first-order chi connectivity index (χ1) is 12.8. The summed E-state index contributed by atoms with van der Waals surface area (Å²) >= 11 is 9.45. The van der Waals surface area contributed by atoms with Crippen molar-refractivity contribution < 1.29 is 29.3 Å². The third kappa shape index (κ3) is 10.5. The van der Waals surface area contributed by atoms with E-state index >= 15 is 0 Å². The second-order valence-electron chi connectivity index (χ2n) is 6.19. The van der Waals surface area contributed by atoms with Crippen LogP contribution in [0, 0.1) is 5.92 Å². The third-order valence-electron chi connectivity index (χ3n) is 3.86. The first-order valence-electron chi connectivity index (χ1n) is 8.63. The normalized spacial score (nSPS) is 16.9. The monoisotopic (exact) mass is 465 g/mol. The highest BCUT2D eigenvalue weighted by atomic mass is 79.9. The topological polar surface area (TPSA) is 96.3 Å². The van der Waals surface area contributed by atoms with Crippen molar-refractivity contribution in [3.05, 3.63) is 27.7 Å². The Labute approximate surface area is 172 Å². The number of aliphatic carboxylic acids is 2. The van der Waals surface area contributed by atoms with Gasteiger partial charge < -0.3 is 24.6 Å². The van der Waals surface area contributed by atoms with E-state index in [0.29, 0.717) is 24.0 Å². The van der Waals surface area contributed by atoms with Crippen molar-refractivity contribution in [3.63, 3.8) is 0 Å². The van der Waals surface area contributed by atoms with Crippen LogP contribution >= 0.6 is 27.5 Å². The van der Waals surface area contributed by atoms with Crippen LogP contribution in [-0.2, 0) is 14.3 Å². The highest BCUT2D eigenvalue weighted by Crippen LogP contribution is 2.27. The van der Waals surface area contributed by atoms with Crippen molar-refractivity contribution in [3.8, 4) is 5.75 Å². The van der Waals surface area contributed by atoms with Crippen LogP contribution in [0.4, 0.5) is 0 Å². The maximum Gasteiger partial charge on any atom is 0.414 e. The molecule has 0 aliphatic carbocycles. The van der Waals surface area contributed by atoms with Gasteiger partial charge in [0.05, 0.1) is 18.2 Å². The largest absolute Gasteiger partial charge is 0.490 e. The molecule has 0 bridgehead atoms. The summed E-state index contributed by atoms with van der Waals surface area (Å²) in [4.78, 5) is 20.7. The van der Waals surface area contributed by atoms with Crippen LogP contribution in [-0.4, -0.2) is 66.5 Å². The molecule has 0 aromatic heterocycles. The highest BCUT2D eigenvalue weighted by molar-refractivity contribution is 9.10. The fourth-order valence-corrected chi connectivity index (χ4v) is 3.32. The molecular weight excluding hydrogens is 442 g/mol. The SMILES string of the molecule is CC1CCCN(CCOCCOc2ccc(Br)cc2Cl)C1.O=C(O)C(=O)O. The number of halogens is 2. The highest BCUT2D eigenvalue weighted by Gasteiger charge is 2.15. The molecule has 1 heterocycles. The zero-order valence-corrected chi connectivity index (χ0v) is 17.5. The Kier molecular flexibility index (Phi) is 11.3. The lowest BCUT2D eigenvalue weighted by atomic mass is 10.0. The Balaban J connectivity index is 0.000000527. The number of nitrogens with zero attached hydrogens (tertiary/aromatic N) is 1. The van der Waals surface area contributed by atoms with E-state index in [1.807, 2.05) is 18.2 Å². The van der Waals surface area contributed by atoms with Crippen molar-refractivity contribution in [2.45, 2.75) is 19.8 Å². The number of likely N-dealkylation sites (tertiary alicyclic amines) is 1. The van der Waals surface area contributed by atoms with E-state index in [1.54, 1.807) is 0 Å². The van der Waals surface area contributed by atoms with Gasteiger partial charge >= 0.3 is 11.9 Å². The van der Waals surface area contributed by atoms with E-state index < -0.39 is 11.9 Å². The predicted octanol–water partition coefficient (Wildman–Crippen LogP) is 3.39. The van der Waals surface area contributed by atoms with Gasteiger partial charge in [-0.05, 0) is 43.5 Å². The molecule has 1 aliphatic heterocycles. The molecule has 7 nitrogen and oxygen atoms in total. The molecule has 2 rings (SSSR count). The van der Waals surface area contributed by atoms with Gasteiger partial charge in [-0.3, -0.25) is 0 Å². The van der Waals surface area contributed by atoms with E-state index in [1.165, 1.54) is 25.9 Å². The Morgan fingerprint density at radius 2 is 1.96 bits per heavy atom. The van der Waals surface area contributed by atoms with E-state index in [9.17, 15) is 0 Å². The maximum absolute atomic E-state index is 9.10. The Morgan fingerprint density at radius 1 is 1.26 bits per heavy atom. The van der Waals surface area contributed by atoms with Gasteiger partial charge in [-0.25, -0.2) is 9.59 Å². The minimum Gasteiger partial charge on any atom is -0.490 e. The molecule has 1 aromatic rings. The Hall–Kier alpha value is -1.35. The van der Waals surface area contributed by atoms with Gasteiger partial charge in [0.25, 0.3) is 0 Å². The zero-order valence-electron chi connectivity index (χ0n) is 15.2. The molecule has 9 heteroatoms. The van der Waals surface area contributed by atoms with Gasteiger partial charge in [-0.2, -0.15) is 0 Å². The molecule has 0 spiro atoms. The number of ether oxygens (including phenoxy) is 2. The van der Waals surface area contributed by atoms with Gasteiger partial charge in [-0.15, -0.1) is 0 Å². The Morgan fingerprint density at radius 3 is 2.56 bits per heavy atom. The smallest absolute Gasteiger partial charge is 0.414 e. The average molecular weight is 467 g/mol. The fraction of sp³-hybridized carbons (Fsp3) is 0.556. The van der Waals surface area contributed by atoms with Gasteiger partial charge in [-0.1, -0.05) is 34.5 Å². The van der Waals surface area contributed by atoms with Gasteiger partial charge in [0.15, 0.2) is 0 Å². The summed E-state index contributed by atoms with van der Waals surface area (Å²) in [7, 11) is 0. The number of carbonyl (C=O) groups is 2. The van der Waals surface area contributed by atoms with Crippen LogP contribution in [0.2, 0.25) is 5.02 Å². The lowest BCUT2D eigenvalue weighted by Crippen LogP contribution is -2.36. The summed E-state index contributed by atoms with van der Waals surface area (Å²) < 4.78 is 12.2. The summed E-state index contributed by atoms with van der Waals surface area (Å²) in [6, 6.07) is 5.61. The van der Waals surface area contributed by atoms with E-state index in [0.717, 1.165) is 23.5 Å². The molecule has 1 unspecified atom stereocenters. The van der Waals surface area contributed by atoms with Gasteiger partial charge in [0.1, 0.15) is 12.4 Å². The quantitative estimate of drug-likeness (QED) is 0.470. The number of hydrogen-bond donors (Lipinski definition) is 2. The molecule has 0 amide bonds. The van der Waals surface area contributed by atoms with Crippen molar-refractivity contribution in [2.75, 3.05) is 39.5 Å². The molecule has 27 heavy (non-hydrogen) atoms. The summed E-state index contributed by atoms with van der Waals surface area (Å²) in [5.41, 5.74) is 0. The molecule has 1 saturated heterocycles. The van der Waals surface area contributed by atoms with Crippen LogP contribution in [0.1, 0.15) is 19.8 Å². The molecule has 1 atom stereocenters. The summed E-state index contributed by atoms with van der Waals surface area (Å²) in [6.45, 7) is 7.64. The van der Waals surface area contributed by atoms with Crippen molar-refractivity contribution in [1.29, 1.82) is 0 Å². The second kappa shape index (κ2) is 12.9. The number of rotatable bonds is 7. The van der Waals surface area contributed by atoms with Crippen molar-refractivity contribution >= 4 is 39.5 Å². The van der Waals surface area contributed by atoms with Gasteiger partial charge in [0, 0.05) is 17.6 Å². The minimum atomic E-state index is -1.82. The summed E-state index contributed by atoms with van der Waals surface area (Å²) in [5.74, 6) is -2.13. The van der Waals surface area contributed by atoms with Crippen LogP contribution in [0.15, 0.2) is 22.7 Å². The summed E-state index contributed by atoms with van der Waals surface area (Å²) in [6.07, 6.45) is 2.67. The second-order valence-corrected chi connectivity index (χ2v) is 7.52. The zero-order chi connectivity index (χ0) is 20.2. The average Bonchev–Trinajstić information content (AvgIpc) is 2.60. The van der Waals surface area contributed by atoms with Gasteiger partial charge in [0.2, 0.25) is 0 Å². The lowest BCUT2D eigenvalue weighted by molar-refractivity contribution is -0.159. The number of hydrogen-bond acceptors (Lipinski definition) is 5. The molecule has 152 valence electrons. The van der Waals surface area contributed by atoms with E-state index in [4.69, 9.17) is 40.9 Å². The molecular formula is C18H25BrClNO6. The van der Waals surface area contributed by atoms with Crippen LogP contribution in [0.5, 0.6) is 5.75 Å². The van der Waals surface area contributed by atoms with E-state index in [-0.39, 0.29) is 0 Å². The molecule has 0 saturated carbocycles. The van der Waals surface area contributed by atoms with Crippen molar-refractivity contribution in [1.82, 2.24) is 4.90 Å². The fourth-order valence-electron chi connectivity index (χ4n) is 2.59. The number of benzene rings is 1. The molecule has 1 fully saturated rings. The molecule has 1 aliphatic rings. The third-order valence-corrected chi connectivity index (χ3v) is 4.64. The van der Waals surface area contributed by atoms with Crippen LogP contribution in [0.25, 0.3) is 0 Å². The predicted molar refractivity (Wildman–Crippen MR) is 106 cm³/mol. The first kappa shape index (κ1) is 23.7. The van der Waals surface area contributed by atoms with Crippen LogP contribution in [0.3, 0.4) is 0 Å². The number of piperidine rings is 1. The molecule has 1 aromatic carbocycles. The van der Waals surface area contributed by atoms with E-state index in [2.05, 4.69) is 27.8 Å². The number of carboxylic acids is 2. The maximum atomic E-state index is 9.10. The summed E-state index contributed by atoms with van der Waals surface area (Å²) in [5, 5.41) is 15.4. The Bertz CT molecular complexity index is 604. The molecule has 0 radical (unpaired) electrons.